The molecule has 0 aliphatic heterocycles. The van der Waals surface area contributed by atoms with Crippen molar-refractivity contribution in [3.05, 3.63) is 59.2 Å². The van der Waals surface area contributed by atoms with Gasteiger partial charge in [0.15, 0.2) is 0 Å². The fourth-order valence-electron chi connectivity index (χ4n) is 2.64. The third-order valence-electron chi connectivity index (χ3n) is 4.26. The van der Waals surface area contributed by atoms with Crippen molar-refractivity contribution >= 4 is 12.1 Å². The van der Waals surface area contributed by atoms with Gasteiger partial charge < -0.3 is 5.32 Å². The average Bonchev–Trinajstić information content (AvgIpc) is 2.60. The molecule has 0 aromatic heterocycles. The molecule has 0 radical (unpaired) electrons. The van der Waals surface area contributed by atoms with E-state index in [4.69, 9.17) is 0 Å². The van der Waals surface area contributed by atoms with Crippen LogP contribution in [0.15, 0.2) is 58.3 Å². The number of aryl methyl sites for hydroxylation is 1. The maximum absolute atomic E-state index is 4.38. The van der Waals surface area contributed by atoms with Crippen LogP contribution >= 0.6 is 0 Å². The fraction of sp³-hybridized carbons (Fsp3) is 0.478. The topological polar surface area (TPSA) is 36.8 Å². The lowest BCUT2D eigenvalue weighted by Crippen LogP contribution is -2.36. The molecule has 0 spiro atoms. The third kappa shape index (κ3) is 7.81. The Morgan fingerprint density at radius 1 is 1.15 bits per heavy atom. The maximum Gasteiger partial charge on any atom is 0.148 e. The molecule has 0 saturated carbocycles. The van der Waals surface area contributed by atoms with Crippen LogP contribution in [0.4, 0.5) is 0 Å². The molecule has 26 heavy (non-hydrogen) atoms. The molecule has 1 aromatic rings. The van der Waals surface area contributed by atoms with E-state index in [9.17, 15) is 0 Å². The van der Waals surface area contributed by atoms with Crippen molar-refractivity contribution in [3.8, 4) is 0 Å². The molecule has 0 aliphatic carbocycles. The van der Waals surface area contributed by atoms with Gasteiger partial charge in [-0.2, -0.15) is 5.10 Å². The lowest BCUT2D eigenvalue weighted by molar-refractivity contribution is 0.513. The molecule has 0 atom stereocenters. The standard InChI is InChI=1S/C23H35N3/c1-7-10-20(11-8-2)17-25-26-22(12-9-3)24-18-23(5,6)21-15-13-19(4)14-16-21/h9-10,12-17H,7-8,11,18H2,1-6H3,(H,24,26)/b12-9-,20-10+,25-17+. The highest BCUT2D eigenvalue weighted by molar-refractivity contribution is 5.93. The van der Waals surface area contributed by atoms with Crippen LogP contribution in [0.5, 0.6) is 0 Å². The van der Waals surface area contributed by atoms with E-state index in [1.165, 1.54) is 16.7 Å². The molecule has 1 N–H and O–H groups in total. The molecule has 3 heteroatoms. The summed E-state index contributed by atoms with van der Waals surface area (Å²) in [5.74, 6) is 0.788. The Morgan fingerprint density at radius 3 is 2.42 bits per heavy atom. The van der Waals surface area contributed by atoms with Crippen molar-refractivity contribution in [2.45, 2.75) is 66.2 Å². The van der Waals surface area contributed by atoms with Crippen LogP contribution in [-0.2, 0) is 5.41 Å². The van der Waals surface area contributed by atoms with Gasteiger partial charge in [-0.3, -0.25) is 0 Å². The Bertz CT molecular complexity index is 647. The Morgan fingerprint density at radius 2 is 1.85 bits per heavy atom. The number of hydrogen-bond acceptors (Lipinski definition) is 2. The van der Waals surface area contributed by atoms with Crippen LogP contribution in [-0.4, -0.2) is 18.6 Å². The van der Waals surface area contributed by atoms with Gasteiger partial charge in [0.05, 0.1) is 6.21 Å². The first-order valence-electron chi connectivity index (χ1n) is 9.66. The Kier molecular flexibility index (Phi) is 9.64. The minimum Gasteiger partial charge on any atom is -0.368 e. The minimum absolute atomic E-state index is 0.00918. The second-order valence-corrected chi connectivity index (χ2v) is 7.27. The summed E-state index contributed by atoms with van der Waals surface area (Å²) in [5, 5.41) is 12.1. The minimum atomic E-state index is 0.00918. The van der Waals surface area contributed by atoms with E-state index in [0.29, 0.717) is 0 Å². The second-order valence-electron chi connectivity index (χ2n) is 7.27. The zero-order valence-electron chi connectivity index (χ0n) is 17.3. The lowest BCUT2D eigenvalue weighted by atomic mass is 9.84. The number of allylic oxidation sites excluding steroid dienone is 3. The van der Waals surface area contributed by atoms with Crippen LogP contribution in [0.3, 0.4) is 0 Å². The summed E-state index contributed by atoms with van der Waals surface area (Å²) in [6.07, 6.45) is 11.2. The van der Waals surface area contributed by atoms with Crippen LogP contribution in [0.1, 0.15) is 65.0 Å². The summed E-state index contributed by atoms with van der Waals surface area (Å²) >= 11 is 0. The fourth-order valence-corrected chi connectivity index (χ4v) is 2.64. The van der Waals surface area contributed by atoms with Crippen molar-refractivity contribution < 1.29 is 0 Å². The van der Waals surface area contributed by atoms with E-state index in [1.807, 2.05) is 25.3 Å². The molecule has 0 unspecified atom stereocenters. The van der Waals surface area contributed by atoms with Gasteiger partial charge in [-0.15, -0.1) is 5.10 Å². The van der Waals surface area contributed by atoms with Gasteiger partial charge in [0.25, 0.3) is 0 Å². The second kappa shape index (κ2) is 11.5. The van der Waals surface area contributed by atoms with Crippen molar-refractivity contribution in [1.82, 2.24) is 5.32 Å². The summed E-state index contributed by atoms with van der Waals surface area (Å²) in [7, 11) is 0. The predicted molar refractivity (Wildman–Crippen MR) is 116 cm³/mol. The molecule has 0 fully saturated rings. The zero-order chi connectivity index (χ0) is 19.4. The SMILES string of the molecule is C\C=C/C(=N\N=C\C(=C\CC)CCC)NCC(C)(C)c1ccc(C)cc1. The van der Waals surface area contributed by atoms with Gasteiger partial charge in [-0.1, -0.05) is 76.1 Å². The van der Waals surface area contributed by atoms with Crippen LogP contribution in [0.2, 0.25) is 0 Å². The van der Waals surface area contributed by atoms with Gasteiger partial charge in [-0.05, 0) is 43.9 Å². The average molecular weight is 354 g/mol. The van der Waals surface area contributed by atoms with Gasteiger partial charge in [0, 0.05) is 12.0 Å². The first-order chi connectivity index (χ1) is 12.4. The van der Waals surface area contributed by atoms with Gasteiger partial charge >= 0.3 is 0 Å². The Labute approximate surface area is 160 Å². The van der Waals surface area contributed by atoms with Crippen LogP contribution in [0.25, 0.3) is 0 Å². The third-order valence-corrected chi connectivity index (χ3v) is 4.26. The Balaban J connectivity index is 2.81. The summed E-state index contributed by atoms with van der Waals surface area (Å²) < 4.78 is 0. The molecule has 1 aromatic carbocycles. The van der Waals surface area contributed by atoms with E-state index in [2.05, 4.69) is 80.5 Å². The molecule has 0 amide bonds. The van der Waals surface area contributed by atoms with E-state index in [0.717, 1.165) is 31.6 Å². The number of amidine groups is 1. The van der Waals surface area contributed by atoms with Crippen molar-refractivity contribution in [2.75, 3.05) is 6.54 Å². The molecule has 0 saturated heterocycles. The first-order valence-corrected chi connectivity index (χ1v) is 9.66. The molecule has 1 rings (SSSR count). The smallest absolute Gasteiger partial charge is 0.148 e. The molecular weight excluding hydrogens is 318 g/mol. The van der Waals surface area contributed by atoms with Crippen molar-refractivity contribution in [1.29, 1.82) is 0 Å². The molecule has 0 bridgehead atoms. The molecule has 3 nitrogen and oxygen atoms in total. The molecule has 142 valence electrons. The number of benzene rings is 1. The van der Waals surface area contributed by atoms with Gasteiger partial charge in [0.2, 0.25) is 0 Å². The molecule has 0 aliphatic rings. The van der Waals surface area contributed by atoms with E-state index < -0.39 is 0 Å². The maximum atomic E-state index is 4.38. The highest BCUT2D eigenvalue weighted by Gasteiger charge is 2.20. The van der Waals surface area contributed by atoms with E-state index in [1.54, 1.807) is 0 Å². The van der Waals surface area contributed by atoms with Gasteiger partial charge in [0.1, 0.15) is 5.84 Å². The highest BCUT2D eigenvalue weighted by atomic mass is 15.2. The number of hydrogen-bond donors (Lipinski definition) is 1. The van der Waals surface area contributed by atoms with Crippen molar-refractivity contribution in [3.63, 3.8) is 0 Å². The van der Waals surface area contributed by atoms with Crippen LogP contribution in [0, 0.1) is 6.92 Å². The Hall–Kier alpha value is -2.16. The predicted octanol–water partition coefficient (Wildman–Crippen LogP) is 5.96. The monoisotopic (exact) mass is 353 g/mol. The largest absolute Gasteiger partial charge is 0.368 e. The van der Waals surface area contributed by atoms with E-state index in [-0.39, 0.29) is 5.41 Å². The quantitative estimate of drug-likeness (QED) is 0.332. The van der Waals surface area contributed by atoms with Crippen molar-refractivity contribution in [2.24, 2.45) is 10.2 Å². The number of nitrogens with zero attached hydrogens (tertiary/aromatic N) is 2. The number of nitrogens with one attached hydrogen (secondary N) is 1. The van der Waals surface area contributed by atoms with Gasteiger partial charge in [-0.25, -0.2) is 0 Å². The lowest BCUT2D eigenvalue weighted by Gasteiger charge is -2.26. The number of rotatable bonds is 9. The molecular formula is C23H35N3. The highest BCUT2D eigenvalue weighted by Crippen LogP contribution is 2.22. The zero-order valence-corrected chi connectivity index (χ0v) is 17.3. The summed E-state index contributed by atoms with van der Waals surface area (Å²) in [6.45, 7) is 13.7. The normalized spacial score (nSPS) is 13.8. The summed E-state index contributed by atoms with van der Waals surface area (Å²) in [6, 6.07) is 8.73. The molecule has 0 heterocycles. The van der Waals surface area contributed by atoms with Crippen LogP contribution < -0.4 is 5.32 Å². The first kappa shape index (κ1) is 21.9. The summed E-state index contributed by atoms with van der Waals surface area (Å²) in [4.78, 5) is 0. The summed E-state index contributed by atoms with van der Waals surface area (Å²) in [5.41, 5.74) is 3.86. The van der Waals surface area contributed by atoms with E-state index >= 15 is 0 Å².